The van der Waals surface area contributed by atoms with Gasteiger partial charge in [0, 0.05) is 6.21 Å². The molecule has 0 radical (unpaired) electrons. The van der Waals surface area contributed by atoms with E-state index in [-0.39, 0.29) is 11.4 Å². The molecule has 0 bridgehead atoms. The van der Waals surface area contributed by atoms with E-state index in [0.717, 1.165) is 25.7 Å². The van der Waals surface area contributed by atoms with Crippen molar-refractivity contribution < 1.29 is 0 Å². The first kappa shape index (κ1) is 12.2. The number of nitrogens with zero attached hydrogens (tertiary/aromatic N) is 3. The minimum atomic E-state index is -0.126. The Morgan fingerprint density at radius 2 is 2.07 bits per heavy atom. The number of aliphatic imine (C=N–C) groups is 1. The predicted octanol–water partition coefficient (Wildman–Crippen LogP) is 1.85. The molecule has 74 valence electrons. The Bertz CT molecular complexity index is 301. The van der Waals surface area contributed by atoms with E-state index >= 15 is 0 Å². The summed E-state index contributed by atoms with van der Waals surface area (Å²) in [4.78, 5) is 3.83. The molecule has 0 heterocycles. The highest BCUT2D eigenvalue weighted by molar-refractivity contribution is 5.60. The lowest BCUT2D eigenvalue weighted by Crippen LogP contribution is -1.97. The monoisotopic (exact) mass is 190 g/mol. The van der Waals surface area contributed by atoms with E-state index in [1.54, 1.807) is 18.4 Å². The smallest absolute Gasteiger partial charge is 0.174 e. The molecule has 2 N–H and O–H groups in total. The normalized spacial score (nSPS) is 11.9. The van der Waals surface area contributed by atoms with Crippen LogP contribution in [0.2, 0.25) is 0 Å². The van der Waals surface area contributed by atoms with Crippen LogP contribution >= 0.6 is 0 Å². The third-order valence-corrected chi connectivity index (χ3v) is 1.64. The Morgan fingerprint density at radius 1 is 1.36 bits per heavy atom. The van der Waals surface area contributed by atoms with Crippen molar-refractivity contribution >= 4 is 6.21 Å². The summed E-state index contributed by atoms with van der Waals surface area (Å²) in [5, 5.41) is 17.0. The van der Waals surface area contributed by atoms with Gasteiger partial charge in [0.1, 0.15) is 17.8 Å². The van der Waals surface area contributed by atoms with Crippen molar-refractivity contribution in [2.24, 2.45) is 10.7 Å². The summed E-state index contributed by atoms with van der Waals surface area (Å²) in [7, 11) is 0. The Kier molecular flexibility index (Phi) is 6.81. The molecule has 0 fully saturated rings. The zero-order valence-electron chi connectivity index (χ0n) is 8.32. The maximum atomic E-state index is 8.58. The molecule has 0 aliphatic rings. The number of hydrogen-bond acceptors (Lipinski definition) is 4. The average molecular weight is 190 g/mol. The molecule has 0 saturated heterocycles. The Balaban J connectivity index is 4.10. The van der Waals surface area contributed by atoms with Gasteiger partial charge in [0.05, 0.1) is 0 Å². The lowest BCUT2D eigenvalue weighted by molar-refractivity contribution is 0.746. The van der Waals surface area contributed by atoms with E-state index < -0.39 is 0 Å². The quantitative estimate of drug-likeness (QED) is 0.407. The van der Waals surface area contributed by atoms with Gasteiger partial charge in [0.25, 0.3) is 0 Å². The van der Waals surface area contributed by atoms with Crippen LogP contribution < -0.4 is 5.73 Å². The zero-order chi connectivity index (χ0) is 10.8. The SMILES string of the molecule is CCCCCC=N/C(C#N)=C(\N)C#N. The topological polar surface area (TPSA) is 86.0 Å². The second-order valence-corrected chi connectivity index (χ2v) is 2.79. The van der Waals surface area contributed by atoms with Crippen molar-refractivity contribution in [2.45, 2.75) is 32.6 Å². The van der Waals surface area contributed by atoms with Crippen LogP contribution in [0.4, 0.5) is 0 Å². The van der Waals surface area contributed by atoms with E-state index in [9.17, 15) is 0 Å². The van der Waals surface area contributed by atoms with Gasteiger partial charge < -0.3 is 5.73 Å². The Morgan fingerprint density at radius 3 is 2.57 bits per heavy atom. The summed E-state index contributed by atoms with van der Waals surface area (Å²) >= 11 is 0. The number of allylic oxidation sites excluding steroid dienone is 2. The van der Waals surface area contributed by atoms with Crippen molar-refractivity contribution in [1.82, 2.24) is 0 Å². The fourth-order valence-electron chi connectivity index (χ4n) is 0.853. The number of nitriles is 2. The van der Waals surface area contributed by atoms with Gasteiger partial charge in [-0.2, -0.15) is 10.5 Å². The van der Waals surface area contributed by atoms with Gasteiger partial charge in [0.15, 0.2) is 5.70 Å². The summed E-state index contributed by atoms with van der Waals surface area (Å²) in [5.41, 5.74) is 5.13. The molecule has 0 aromatic carbocycles. The van der Waals surface area contributed by atoms with Gasteiger partial charge in [-0.3, -0.25) is 0 Å². The van der Waals surface area contributed by atoms with Crippen LogP contribution in [0.25, 0.3) is 0 Å². The Labute approximate surface area is 84.4 Å². The number of unbranched alkanes of at least 4 members (excludes halogenated alkanes) is 3. The van der Waals surface area contributed by atoms with Gasteiger partial charge >= 0.3 is 0 Å². The van der Waals surface area contributed by atoms with Crippen molar-refractivity contribution in [3.05, 3.63) is 11.4 Å². The van der Waals surface area contributed by atoms with Gasteiger partial charge in [0.2, 0.25) is 0 Å². The first-order chi connectivity index (χ1) is 6.76. The number of hydrogen-bond donors (Lipinski definition) is 1. The summed E-state index contributed by atoms with van der Waals surface area (Å²) in [6, 6.07) is 3.47. The lowest BCUT2D eigenvalue weighted by Gasteiger charge is -1.92. The molecular weight excluding hydrogens is 176 g/mol. The van der Waals surface area contributed by atoms with Crippen LogP contribution in [-0.4, -0.2) is 6.21 Å². The minimum Gasteiger partial charge on any atom is -0.388 e. The van der Waals surface area contributed by atoms with Crippen molar-refractivity contribution in [3.8, 4) is 12.1 Å². The molecule has 14 heavy (non-hydrogen) atoms. The Hall–Kier alpha value is -1.81. The van der Waals surface area contributed by atoms with Crippen molar-refractivity contribution in [3.63, 3.8) is 0 Å². The van der Waals surface area contributed by atoms with E-state index in [4.69, 9.17) is 16.3 Å². The van der Waals surface area contributed by atoms with Gasteiger partial charge in [-0.25, -0.2) is 4.99 Å². The van der Waals surface area contributed by atoms with Crippen LogP contribution in [0.3, 0.4) is 0 Å². The summed E-state index contributed by atoms with van der Waals surface area (Å²) in [6.45, 7) is 2.12. The predicted molar refractivity (Wildman–Crippen MR) is 55.1 cm³/mol. The molecule has 0 aliphatic carbocycles. The van der Waals surface area contributed by atoms with Crippen LogP contribution in [0.1, 0.15) is 32.6 Å². The maximum Gasteiger partial charge on any atom is 0.174 e. The summed E-state index contributed by atoms with van der Waals surface area (Å²) < 4.78 is 0. The fraction of sp³-hybridized carbons (Fsp3) is 0.500. The van der Waals surface area contributed by atoms with E-state index in [1.165, 1.54) is 0 Å². The highest BCUT2D eigenvalue weighted by Crippen LogP contribution is 2.00. The van der Waals surface area contributed by atoms with E-state index in [0.29, 0.717) is 0 Å². The third-order valence-electron chi connectivity index (χ3n) is 1.64. The summed E-state index contributed by atoms with van der Waals surface area (Å²) in [5.74, 6) is 0. The first-order valence-electron chi connectivity index (χ1n) is 4.58. The highest BCUT2D eigenvalue weighted by Gasteiger charge is 1.97. The van der Waals surface area contributed by atoms with Gasteiger partial charge in [-0.1, -0.05) is 19.8 Å². The highest BCUT2D eigenvalue weighted by atomic mass is 14.8. The largest absolute Gasteiger partial charge is 0.388 e. The molecule has 0 aromatic heterocycles. The molecule has 0 spiro atoms. The number of rotatable bonds is 5. The average Bonchev–Trinajstić information content (AvgIpc) is 2.22. The summed E-state index contributed by atoms with van der Waals surface area (Å²) in [6.07, 6.45) is 5.79. The second-order valence-electron chi connectivity index (χ2n) is 2.79. The molecule has 0 saturated carbocycles. The van der Waals surface area contributed by atoms with Gasteiger partial charge in [-0.05, 0) is 12.8 Å². The van der Waals surface area contributed by atoms with Crippen LogP contribution in [0.5, 0.6) is 0 Å². The molecule has 0 aliphatic heterocycles. The van der Waals surface area contributed by atoms with E-state index in [1.807, 2.05) is 0 Å². The lowest BCUT2D eigenvalue weighted by atomic mass is 10.2. The third kappa shape index (κ3) is 4.95. The molecule has 0 unspecified atom stereocenters. The van der Waals surface area contributed by atoms with Crippen LogP contribution in [0.15, 0.2) is 16.4 Å². The van der Waals surface area contributed by atoms with Crippen molar-refractivity contribution in [2.75, 3.05) is 0 Å². The van der Waals surface area contributed by atoms with Crippen molar-refractivity contribution in [1.29, 1.82) is 10.5 Å². The molecule has 4 nitrogen and oxygen atoms in total. The zero-order valence-corrected chi connectivity index (χ0v) is 8.32. The number of nitrogens with two attached hydrogens (primary N) is 1. The minimum absolute atomic E-state index is 0.00370. The van der Waals surface area contributed by atoms with E-state index in [2.05, 4.69) is 11.9 Å². The molecule has 0 amide bonds. The standard InChI is InChI=1S/C10H14N4/c1-2-3-4-5-6-14-10(8-12)9(13)7-11/h6H,2-5,13H2,1H3/b10-9-,14-6?. The fourth-order valence-corrected chi connectivity index (χ4v) is 0.853. The van der Waals surface area contributed by atoms with Crippen LogP contribution in [0, 0.1) is 22.7 Å². The molecule has 4 heteroatoms. The molecule has 0 rings (SSSR count). The first-order valence-corrected chi connectivity index (χ1v) is 4.58. The van der Waals surface area contributed by atoms with Crippen LogP contribution in [-0.2, 0) is 0 Å². The maximum absolute atomic E-state index is 8.58. The molecule has 0 atom stereocenters. The second kappa shape index (κ2) is 7.82. The molecule has 0 aromatic rings. The van der Waals surface area contributed by atoms with Gasteiger partial charge in [-0.15, -0.1) is 0 Å². The molecular formula is C10H14N4.